The van der Waals surface area contributed by atoms with E-state index < -0.39 is 0 Å². The van der Waals surface area contributed by atoms with Gasteiger partial charge in [-0.25, -0.2) is 0 Å². The molecule has 3 saturated heterocycles. The van der Waals surface area contributed by atoms with E-state index in [1.807, 2.05) is 0 Å². The maximum absolute atomic E-state index is 3.77. The molecule has 3 rings (SSSR count). The Morgan fingerprint density at radius 3 is 2.60 bits per heavy atom. The van der Waals surface area contributed by atoms with E-state index in [1.54, 1.807) is 0 Å². The van der Waals surface area contributed by atoms with Crippen molar-refractivity contribution in [1.29, 1.82) is 0 Å². The van der Waals surface area contributed by atoms with Crippen molar-refractivity contribution in [3.8, 4) is 0 Å². The number of nitrogens with zero attached hydrogens (tertiary/aromatic N) is 2. The average molecular weight is 279 g/mol. The molecule has 3 aliphatic heterocycles. The number of hydrogen-bond donors (Lipinski definition) is 1. The Balaban J connectivity index is 1.65. The van der Waals surface area contributed by atoms with Gasteiger partial charge in [-0.2, -0.15) is 0 Å². The maximum atomic E-state index is 3.77. The molecule has 4 atom stereocenters. The molecule has 0 amide bonds. The minimum absolute atomic E-state index is 0.368. The number of fused-ring (bicyclic) bond motifs is 1. The predicted octanol–water partition coefficient (Wildman–Crippen LogP) is 2.32. The number of nitrogens with one attached hydrogen (secondary N) is 1. The van der Waals surface area contributed by atoms with Crippen molar-refractivity contribution in [1.82, 2.24) is 15.1 Å². The van der Waals surface area contributed by atoms with Gasteiger partial charge in [-0.15, -0.1) is 0 Å². The Morgan fingerprint density at radius 1 is 1.05 bits per heavy atom. The van der Waals surface area contributed by atoms with Crippen molar-refractivity contribution in [2.75, 3.05) is 26.2 Å². The zero-order chi connectivity index (χ0) is 14.3. The summed E-state index contributed by atoms with van der Waals surface area (Å²) in [4.78, 5) is 5.58. The molecule has 0 aromatic carbocycles. The van der Waals surface area contributed by atoms with E-state index in [1.165, 1.54) is 45.3 Å². The molecule has 0 radical (unpaired) electrons. The lowest BCUT2D eigenvalue weighted by Crippen LogP contribution is -2.63. The lowest BCUT2D eigenvalue weighted by atomic mass is 9.83. The van der Waals surface area contributed by atoms with Crippen LogP contribution < -0.4 is 5.32 Å². The lowest BCUT2D eigenvalue weighted by Gasteiger charge is -2.49. The van der Waals surface area contributed by atoms with Gasteiger partial charge in [0.1, 0.15) is 0 Å². The second-order valence-electron chi connectivity index (χ2n) is 8.38. The van der Waals surface area contributed by atoms with E-state index >= 15 is 0 Å². The minimum Gasteiger partial charge on any atom is -0.311 e. The van der Waals surface area contributed by atoms with Crippen molar-refractivity contribution < 1.29 is 0 Å². The van der Waals surface area contributed by atoms with Gasteiger partial charge in [-0.05, 0) is 51.1 Å². The molecule has 20 heavy (non-hydrogen) atoms. The molecular formula is C17H33N3. The molecule has 0 aromatic rings. The Morgan fingerprint density at radius 2 is 1.85 bits per heavy atom. The molecule has 3 fully saturated rings. The van der Waals surface area contributed by atoms with Crippen LogP contribution in [-0.4, -0.2) is 60.1 Å². The second kappa shape index (κ2) is 5.58. The van der Waals surface area contributed by atoms with Crippen LogP contribution in [0.2, 0.25) is 0 Å². The van der Waals surface area contributed by atoms with Gasteiger partial charge < -0.3 is 10.2 Å². The van der Waals surface area contributed by atoms with Crippen molar-refractivity contribution in [2.24, 2.45) is 5.41 Å². The summed E-state index contributed by atoms with van der Waals surface area (Å²) in [7, 11) is 0. The normalized spacial score (nSPS) is 40.8. The zero-order valence-corrected chi connectivity index (χ0v) is 13.9. The van der Waals surface area contributed by atoms with Crippen molar-refractivity contribution in [2.45, 2.75) is 77.5 Å². The highest BCUT2D eigenvalue weighted by Crippen LogP contribution is 2.32. The topological polar surface area (TPSA) is 18.5 Å². The quantitative estimate of drug-likeness (QED) is 0.795. The molecule has 3 heterocycles. The van der Waals surface area contributed by atoms with Crippen LogP contribution in [0.1, 0.15) is 53.4 Å². The molecule has 3 aliphatic rings. The largest absolute Gasteiger partial charge is 0.311 e. The summed E-state index contributed by atoms with van der Waals surface area (Å²) in [6.07, 6.45) is 5.68. The molecule has 0 saturated carbocycles. The Labute approximate surface area is 125 Å². The third-order valence-electron chi connectivity index (χ3n) is 5.93. The Bertz CT molecular complexity index is 336. The van der Waals surface area contributed by atoms with Crippen LogP contribution in [0.4, 0.5) is 0 Å². The van der Waals surface area contributed by atoms with Crippen molar-refractivity contribution in [3.63, 3.8) is 0 Å². The summed E-state index contributed by atoms with van der Waals surface area (Å²) in [5, 5.41) is 3.77. The fourth-order valence-electron chi connectivity index (χ4n) is 4.48. The third-order valence-corrected chi connectivity index (χ3v) is 5.93. The fourth-order valence-corrected chi connectivity index (χ4v) is 4.48. The maximum Gasteiger partial charge on any atom is 0.0244 e. The van der Waals surface area contributed by atoms with Gasteiger partial charge in [-0.1, -0.05) is 20.8 Å². The van der Waals surface area contributed by atoms with Crippen LogP contribution in [0.15, 0.2) is 0 Å². The molecule has 116 valence electrons. The molecule has 0 aromatic heterocycles. The minimum atomic E-state index is 0.368. The average Bonchev–Trinajstić information content (AvgIpc) is 2.85. The number of piperidine rings is 1. The van der Waals surface area contributed by atoms with Gasteiger partial charge in [0.25, 0.3) is 0 Å². The van der Waals surface area contributed by atoms with E-state index in [0.717, 1.165) is 18.6 Å². The number of rotatable bonds is 1. The highest BCUT2D eigenvalue weighted by Gasteiger charge is 2.39. The molecule has 0 aliphatic carbocycles. The monoisotopic (exact) mass is 279 g/mol. The van der Waals surface area contributed by atoms with Crippen LogP contribution in [-0.2, 0) is 0 Å². The molecular weight excluding hydrogens is 246 g/mol. The summed E-state index contributed by atoms with van der Waals surface area (Å²) in [6, 6.07) is 3.06. The zero-order valence-electron chi connectivity index (χ0n) is 13.9. The first-order valence-corrected chi connectivity index (χ1v) is 8.68. The predicted molar refractivity (Wildman–Crippen MR) is 85.0 cm³/mol. The van der Waals surface area contributed by atoms with Gasteiger partial charge in [0.15, 0.2) is 0 Å². The summed E-state index contributed by atoms with van der Waals surface area (Å²) in [5.41, 5.74) is 0.368. The molecule has 0 spiro atoms. The van der Waals surface area contributed by atoms with Gasteiger partial charge in [0.2, 0.25) is 0 Å². The molecule has 1 N–H and O–H groups in total. The highest BCUT2D eigenvalue weighted by atomic mass is 15.3. The molecule has 4 unspecified atom stereocenters. The summed E-state index contributed by atoms with van der Waals surface area (Å²) < 4.78 is 0. The van der Waals surface area contributed by atoms with Crippen molar-refractivity contribution in [3.05, 3.63) is 0 Å². The Kier molecular flexibility index (Phi) is 4.13. The second-order valence-corrected chi connectivity index (χ2v) is 8.38. The first kappa shape index (κ1) is 14.8. The van der Waals surface area contributed by atoms with Crippen molar-refractivity contribution >= 4 is 0 Å². The van der Waals surface area contributed by atoms with Crippen LogP contribution >= 0.6 is 0 Å². The third kappa shape index (κ3) is 2.90. The number of piperazine rings is 1. The van der Waals surface area contributed by atoms with E-state index in [0.29, 0.717) is 17.5 Å². The SMILES string of the molecule is CC1CNC(C(C)(C)C)CN1C1CCN2CCCC2C1. The van der Waals surface area contributed by atoms with Gasteiger partial charge in [0, 0.05) is 37.3 Å². The Hall–Kier alpha value is -0.120. The van der Waals surface area contributed by atoms with E-state index in [2.05, 4.69) is 42.8 Å². The van der Waals surface area contributed by atoms with E-state index in [4.69, 9.17) is 0 Å². The van der Waals surface area contributed by atoms with Crippen LogP contribution in [0.3, 0.4) is 0 Å². The van der Waals surface area contributed by atoms with Gasteiger partial charge >= 0.3 is 0 Å². The lowest BCUT2D eigenvalue weighted by molar-refractivity contribution is 0.0184. The van der Waals surface area contributed by atoms with Crippen LogP contribution in [0.25, 0.3) is 0 Å². The summed E-state index contributed by atoms with van der Waals surface area (Å²) in [5.74, 6) is 0. The smallest absolute Gasteiger partial charge is 0.0244 e. The number of hydrogen-bond acceptors (Lipinski definition) is 3. The fraction of sp³-hybridized carbons (Fsp3) is 1.00. The van der Waals surface area contributed by atoms with E-state index in [-0.39, 0.29) is 0 Å². The van der Waals surface area contributed by atoms with Crippen LogP contribution in [0, 0.1) is 5.41 Å². The first-order chi connectivity index (χ1) is 9.45. The van der Waals surface area contributed by atoms with Gasteiger partial charge in [0.05, 0.1) is 0 Å². The van der Waals surface area contributed by atoms with E-state index in [9.17, 15) is 0 Å². The molecule has 3 nitrogen and oxygen atoms in total. The standard InChI is InChI=1S/C17H33N3/c1-13-11-18-16(17(2,3)4)12-20(13)15-7-9-19-8-5-6-14(19)10-15/h13-16,18H,5-12H2,1-4H3. The molecule has 0 bridgehead atoms. The molecule has 3 heteroatoms. The first-order valence-electron chi connectivity index (χ1n) is 8.68. The summed E-state index contributed by atoms with van der Waals surface area (Å²) >= 11 is 0. The van der Waals surface area contributed by atoms with Gasteiger partial charge in [-0.3, -0.25) is 4.90 Å². The highest BCUT2D eigenvalue weighted by molar-refractivity contribution is 4.97. The summed E-state index contributed by atoms with van der Waals surface area (Å²) in [6.45, 7) is 14.6. The van der Waals surface area contributed by atoms with Crippen LogP contribution in [0.5, 0.6) is 0 Å².